The summed E-state index contributed by atoms with van der Waals surface area (Å²) in [7, 11) is 1.90. The summed E-state index contributed by atoms with van der Waals surface area (Å²) < 4.78 is 0.932. The van der Waals surface area contributed by atoms with Crippen LogP contribution >= 0.6 is 15.9 Å². The Kier molecular flexibility index (Phi) is 2.14. The standard InChI is InChI=1S/C9H11BrN2O/c1-12-5-4-9(12,13)8-3-2-7(10)6-11-8/h2-3,6,13H,4-5H2,1H3. The number of aliphatic hydroxyl groups is 1. The van der Waals surface area contributed by atoms with Gasteiger partial charge in [0.15, 0.2) is 5.72 Å². The number of nitrogens with zero attached hydrogens (tertiary/aromatic N) is 2. The molecule has 4 heteroatoms. The molecule has 0 aliphatic carbocycles. The molecule has 70 valence electrons. The fraction of sp³-hybridized carbons (Fsp3) is 0.444. The van der Waals surface area contributed by atoms with Crippen molar-refractivity contribution in [1.29, 1.82) is 0 Å². The van der Waals surface area contributed by atoms with E-state index in [4.69, 9.17) is 0 Å². The third-order valence-electron chi connectivity index (χ3n) is 2.56. The molecule has 1 fully saturated rings. The average molecular weight is 243 g/mol. The lowest BCUT2D eigenvalue weighted by Crippen LogP contribution is -2.55. The minimum Gasteiger partial charge on any atom is -0.370 e. The van der Waals surface area contributed by atoms with Crippen molar-refractivity contribution in [3.63, 3.8) is 0 Å². The first-order valence-corrected chi connectivity index (χ1v) is 4.98. The van der Waals surface area contributed by atoms with Crippen LogP contribution in [0.15, 0.2) is 22.8 Å². The van der Waals surface area contributed by atoms with Gasteiger partial charge in [-0.25, -0.2) is 0 Å². The molecule has 2 rings (SSSR count). The van der Waals surface area contributed by atoms with Crippen LogP contribution in [0.25, 0.3) is 0 Å². The molecule has 1 aliphatic rings. The van der Waals surface area contributed by atoms with Gasteiger partial charge in [0.1, 0.15) is 0 Å². The maximum absolute atomic E-state index is 10.1. The van der Waals surface area contributed by atoms with Crippen molar-refractivity contribution >= 4 is 15.9 Å². The molecule has 0 saturated carbocycles. The smallest absolute Gasteiger partial charge is 0.162 e. The molecule has 0 radical (unpaired) electrons. The van der Waals surface area contributed by atoms with Crippen molar-refractivity contribution in [1.82, 2.24) is 9.88 Å². The van der Waals surface area contributed by atoms with Gasteiger partial charge in [0, 0.05) is 23.6 Å². The minimum absolute atomic E-state index is 0.726. The normalized spacial score (nSPS) is 28.5. The fourth-order valence-electron chi connectivity index (χ4n) is 1.48. The maximum Gasteiger partial charge on any atom is 0.162 e. The minimum atomic E-state index is -0.833. The Morgan fingerprint density at radius 3 is 2.77 bits per heavy atom. The van der Waals surface area contributed by atoms with Crippen LogP contribution in [-0.4, -0.2) is 28.6 Å². The van der Waals surface area contributed by atoms with E-state index in [2.05, 4.69) is 20.9 Å². The van der Waals surface area contributed by atoms with Crippen LogP contribution in [-0.2, 0) is 5.72 Å². The number of halogens is 1. The van der Waals surface area contributed by atoms with Crippen molar-refractivity contribution in [3.05, 3.63) is 28.5 Å². The van der Waals surface area contributed by atoms with E-state index in [0.29, 0.717) is 0 Å². The van der Waals surface area contributed by atoms with E-state index in [1.807, 2.05) is 24.1 Å². The van der Waals surface area contributed by atoms with Crippen LogP contribution < -0.4 is 0 Å². The zero-order chi connectivity index (χ0) is 9.47. The van der Waals surface area contributed by atoms with Gasteiger partial charge < -0.3 is 5.11 Å². The van der Waals surface area contributed by atoms with E-state index in [0.717, 1.165) is 23.1 Å². The number of aromatic nitrogens is 1. The zero-order valence-corrected chi connectivity index (χ0v) is 8.95. The summed E-state index contributed by atoms with van der Waals surface area (Å²) in [4.78, 5) is 6.08. The summed E-state index contributed by atoms with van der Waals surface area (Å²) in [5, 5.41) is 10.1. The number of pyridine rings is 1. The van der Waals surface area contributed by atoms with Crippen LogP contribution in [0.1, 0.15) is 12.1 Å². The number of hydrogen-bond acceptors (Lipinski definition) is 3. The molecule has 1 N–H and O–H groups in total. The Bertz CT molecular complexity index is 314. The van der Waals surface area contributed by atoms with Gasteiger partial charge in [-0.05, 0) is 35.1 Å². The second-order valence-corrected chi connectivity index (χ2v) is 4.27. The molecule has 0 spiro atoms. The third-order valence-corrected chi connectivity index (χ3v) is 3.03. The largest absolute Gasteiger partial charge is 0.370 e. The molecule has 3 nitrogen and oxygen atoms in total. The van der Waals surface area contributed by atoms with Crippen LogP contribution in [0.2, 0.25) is 0 Å². The predicted octanol–water partition coefficient (Wildman–Crippen LogP) is 1.32. The maximum atomic E-state index is 10.1. The summed E-state index contributed by atoms with van der Waals surface area (Å²) >= 11 is 3.31. The first-order chi connectivity index (χ1) is 6.13. The molecular weight excluding hydrogens is 232 g/mol. The predicted molar refractivity (Wildman–Crippen MR) is 53.1 cm³/mol. The van der Waals surface area contributed by atoms with Gasteiger partial charge in [-0.1, -0.05) is 0 Å². The summed E-state index contributed by atoms with van der Waals surface area (Å²) in [6, 6.07) is 3.74. The summed E-state index contributed by atoms with van der Waals surface area (Å²) in [6.07, 6.45) is 2.47. The molecule has 1 atom stereocenters. The topological polar surface area (TPSA) is 36.4 Å². The highest BCUT2D eigenvalue weighted by molar-refractivity contribution is 9.10. The Morgan fingerprint density at radius 1 is 1.62 bits per heavy atom. The van der Waals surface area contributed by atoms with Crippen LogP contribution in [0.3, 0.4) is 0 Å². The van der Waals surface area contributed by atoms with Gasteiger partial charge in [0.25, 0.3) is 0 Å². The van der Waals surface area contributed by atoms with Crippen molar-refractivity contribution in [3.8, 4) is 0 Å². The van der Waals surface area contributed by atoms with Gasteiger partial charge in [-0.2, -0.15) is 0 Å². The Balaban J connectivity index is 2.30. The number of likely N-dealkylation sites (tertiary alicyclic amines) is 1. The molecule has 1 saturated heterocycles. The Hall–Kier alpha value is -0.450. The lowest BCUT2D eigenvalue weighted by molar-refractivity contribution is -0.179. The van der Waals surface area contributed by atoms with Crippen molar-refractivity contribution in [2.75, 3.05) is 13.6 Å². The second kappa shape index (κ2) is 3.04. The molecule has 0 bridgehead atoms. The van der Waals surface area contributed by atoms with Gasteiger partial charge in [0.05, 0.1) is 5.69 Å². The van der Waals surface area contributed by atoms with Crippen LogP contribution in [0.4, 0.5) is 0 Å². The van der Waals surface area contributed by atoms with E-state index in [1.165, 1.54) is 0 Å². The highest BCUT2D eigenvalue weighted by atomic mass is 79.9. The molecule has 0 amide bonds. The molecular formula is C9H11BrN2O. The van der Waals surface area contributed by atoms with Gasteiger partial charge >= 0.3 is 0 Å². The highest BCUT2D eigenvalue weighted by Gasteiger charge is 2.42. The molecule has 0 aromatic carbocycles. The summed E-state index contributed by atoms with van der Waals surface area (Å²) in [5.74, 6) is 0. The molecule has 1 aromatic rings. The monoisotopic (exact) mass is 242 g/mol. The van der Waals surface area contributed by atoms with Gasteiger partial charge in [0.2, 0.25) is 0 Å². The van der Waals surface area contributed by atoms with E-state index in [-0.39, 0.29) is 0 Å². The first kappa shape index (κ1) is 9.12. The lowest BCUT2D eigenvalue weighted by atomic mass is 9.95. The Labute approximate surface area is 85.5 Å². The average Bonchev–Trinajstić information content (AvgIpc) is 2.15. The molecule has 1 unspecified atom stereocenters. The number of hydrogen-bond donors (Lipinski definition) is 1. The quantitative estimate of drug-likeness (QED) is 0.808. The molecule has 1 aromatic heterocycles. The molecule has 13 heavy (non-hydrogen) atoms. The van der Waals surface area contributed by atoms with Gasteiger partial charge in [-0.3, -0.25) is 9.88 Å². The zero-order valence-electron chi connectivity index (χ0n) is 7.37. The first-order valence-electron chi connectivity index (χ1n) is 4.18. The lowest BCUT2D eigenvalue weighted by Gasteiger charge is -2.45. The summed E-state index contributed by atoms with van der Waals surface area (Å²) in [6.45, 7) is 0.925. The number of rotatable bonds is 1. The second-order valence-electron chi connectivity index (χ2n) is 3.35. The third kappa shape index (κ3) is 1.39. The van der Waals surface area contributed by atoms with Crippen molar-refractivity contribution in [2.24, 2.45) is 0 Å². The summed E-state index contributed by atoms with van der Waals surface area (Å²) in [5.41, 5.74) is -0.106. The Morgan fingerprint density at radius 2 is 2.38 bits per heavy atom. The molecule has 2 heterocycles. The van der Waals surface area contributed by atoms with E-state index < -0.39 is 5.72 Å². The van der Waals surface area contributed by atoms with Crippen LogP contribution in [0, 0.1) is 0 Å². The van der Waals surface area contributed by atoms with Crippen molar-refractivity contribution in [2.45, 2.75) is 12.1 Å². The van der Waals surface area contributed by atoms with E-state index in [1.54, 1.807) is 6.20 Å². The SMILES string of the molecule is CN1CCC1(O)c1ccc(Br)cn1. The van der Waals surface area contributed by atoms with E-state index >= 15 is 0 Å². The van der Waals surface area contributed by atoms with Gasteiger partial charge in [-0.15, -0.1) is 0 Å². The molecule has 1 aliphatic heterocycles. The van der Waals surface area contributed by atoms with Crippen molar-refractivity contribution < 1.29 is 5.11 Å². The fourth-order valence-corrected chi connectivity index (χ4v) is 1.72. The van der Waals surface area contributed by atoms with Crippen LogP contribution in [0.5, 0.6) is 0 Å². The highest BCUT2D eigenvalue weighted by Crippen LogP contribution is 2.35. The van der Waals surface area contributed by atoms with E-state index in [9.17, 15) is 5.11 Å².